The number of aryl methyl sites for hydroxylation is 2. The number of hydrogen-bond donors (Lipinski definition) is 1. The zero-order chi connectivity index (χ0) is 13.2. The average molecular weight is 268 g/mol. The second-order valence-electron chi connectivity index (χ2n) is 4.78. The first-order chi connectivity index (χ1) is 9.22. The van der Waals surface area contributed by atoms with Crippen LogP contribution in [0.15, 0.2) is 42.5 Å². The third-order valence-electron chi connectivity index (χ3n) is 3.19. The van der Waals surface area contributed by atoms with Gasteiger partial charge in [0.2, 0.25) is 0 Å². The van der Waals surface area contributed by atoms with Gasteiger partial charge >= 0.3 is 0 Å². The molecule has 1 heterocycles. The molecule has 0 unspecified atom stereocenters. The van der Waals surface area contributed by atoms with Crippen molar-refractivity contribution in [1.29, 1.82) is 0 Å². The SMILES string of the molecule is Cc1ccc(CNc2nc3c(C)cccc3s2)cc1. The first-order valence-electron chi connectivity index (χ1n) is 6.38. The monoisotopic (exact) mass is 268 g/mol. The molecule has 0 bridgehead atoms. The molecule has 2 nitrogen and oxygen atoms in total. The van der Waals surface area contributed by atoms with Crippen LogP contribution in [0.4, 0.5) is 5.13 Å². The van der Waals surface area contributed by atoms with Gasteiger partial charge in [0.1, 0.15) is 0 Å². The van der Waals surface area contributed by atoms with Gasteiger partial charge in [-0.2, -0.15) is 0 Å². The predicted octanol–water partition coefficient (Wildman–Crippen LogP) is 4.53. The molecule has 0 fully saturated rings. The van der Waals surface area contributed by atoms with Crippen molar-refractivity contribution in [2.45, 2.75) is 20.4 Å². The highest BCUT2D eigenvalue weighted by atomic mass is 32.1. The van der Waals surface area contributed by atoms with Crippen molar-refractivity contribution in [3.63, 3.8) is 0 Å². The van der Waals surface area contributed by atoms with Crippen molar-refractivity contribution >= 4 is 26.7 Å². The fourth-order valence-electron chi connectivity index (χ4n) is 2.05. The Morgan fingerprint density at radius 2 is 1.84 bits per heavy atom. The molecule has 1 aromatic heterocycles. The van der Waals surface area contributed by atoms with E-state index < -0.39 is 0 Å². The first kappa shape index (κ1) is 12.2. The lowest BCUT2D eigenvalue weighted by Gasteiger charge is -2.02. The van der Waals surface area contributed by atoms with Gasteiger partial charge in [0, 0.05) is 6.54 Å². The Balaban J connectivity index is 1.78. The molecule has 0 aliphatic heterocycles. The Bertz CT molecular complexity index is 698. The van der Waals surface area contributed by atoms with Gasteiger partial charge in [-0.25, -0.2) is 4.98 Å². The quantitative estimate of drug-likeness (QED) is 0.755. The van der Waals surface area contributed by atoms with E-state index in [-0.39, 0.29) is 0 Å². The molecule has 0 amide bonds. The minimum atomic E-state index is 0.819. The fourth-order valence-corrected chi connectivity index (χ4v) is 2.98. The largest absolute Gasteiger partial charge is 0.357 e. The molecular formula is C16H16N2S. The normalized spacial score (nSPS) is 10.8. The van der Waals surface area contributed by atoms with Crippen molar-refractivity contribution in [3.8, 4) is 0 Å². The highest BCUT2D eigenvalue weighted by Gasteiger charge is 2.05. The van der Waals surface area contributed by atoms with Crippen LogP contribution >= 0.6 is 11.3 Å². The van der Waals surface area contributed by atoms with Crippen molar-refractivity contribution in [3.05, 3.63) is 59.2 Å². The van der Waals surface area contributed by atoms with Crippen LogP contribution in [0.25, 0.3) is 10.2 Å². The lowest BCUT2D eigenvalue weighted by molar-refractivity contribution is 1.13. The van der Waals surface area contributed by atoms with E-state index in [0.717, 1.165) is 17.2 Å². The van der Waals surface area contributed by atoms with Crippen LogP contribution in [-0.2, 0) is 6.54 Å². The summed E-state index contributed by atoms with van der Waals surface area (Å²) in [7, 11) is 0. The summed E-state index contributed by atoms with van der Waals surface area (Å²) in [5.74, 6) is 0. The van der Waals surface area contributed by atoms with E-state index in [1.807, 2.05) is 0 Å². The molecule has 3 aromatic rings. The minimum Gasteiger partial charge on any atom is -0.357 e. The number of fused-ring (bicyclic) bond motifs is 1. The molecule has 96 valence electrons. The molecule has 1 N–H and O–H groups in total. The van der Waals surface area contributed by atoms with E-state index in [4.69, 9.17) is 0 Å². The van der Waals surface area contributed by atoms with Crippen LogP contribution in [0.5, 0.6) is 0 Å². The van der Waals surface area contributed by atoms with Gasteiger partial charge < -0.3 is 5.32 Å². The van der Waals surface area contributed by atoms with Gasteiger partial charge in [-0.1, -0.05) is 53.3 Å². The summed E-state index contributed by atoms with van der Waals surface area (Å²) in [6.45, 7) is 5.03. The molecule has 0 aliphatic rings. The average Bonchev–Trinajstić information content (AvgIpc) is 2.83. The molecule has 19 heavy (non-hydrogen) atoms. The Morgan fingerprint density at radius 3 is 2.58 bits per heavy atom. The first-order valence-corrected chi connectivity index (χ1v) is 7.19. The minimum absolute atomic E-state index is 0.819. The number of para-hydroxylation sites is 1. The highest BCUT2D eigenvalue weighted by Crippen LogP contribution is 2.28. The van der Waals surface area contributed by atoms with Gasteiger partial charge in [0.05, 0.1) is 10.2 Å². The van der Waals surface area contributed by atoms with Crippen LogP contribution in [0.2, 0.25) is 0 Å². The standard InChI is InChI=1S/C16H16N2S/c1-11-6-8-13(9-7-11)10-17-16-18-15-12(2)4-3-5-14(15)19-16/h3-9H,10H2,1-2H3,(H,17,18). The number of anilines is 1. The van der Waals surface area contributed by atoms with E-state index in [9.17, 15) is 0 Å². The van der Waals surface area contributed by atoms with E-state index in [2.05, 4.69) is 66.6 Å². The van der Waals surface area contributed by atoms with Crippen LogP contribution in [0, 0.1) is 13.8 Å². The summed E-state index contributed by atoms with van der Waals surface area (Å²) >= 11 is 1.71. The lowest BCUT2D eigenvalue weighted by atomic mass is 10.1. The van der Waals surface area contributed by atoms with E-state index in [1.54, 1.807) is 11.3 Å². The lowest BCUT2D eigenvalue weighted by Crippen LogP contribution is -1.98. The number of thiazole rings is 1. The Hall–Kier alpha value is -1.87. The molecule has 0 aliphatic carbocycles. The maximum absolute atomic E-state index is 4.65. The Morgan fingerprint density at radius 1 is 1.05 bits per heavy atom. The van der Waals surface area contributed by atoms with E-state index >= 15 is 0 Å². The summed E-state index contributed by atoms with van der Waals surface area (Å²) < 4.78 is 1.24. The maximum Gasteiger partial charge on any atom is 0.184 e. The van der Waals surface area contributed by atoms with Crippen molar-refractivity contribution in [2.75, 3.05) is 5.32 Å². The molecule has 3 heteroatoms. The summed E-state index contributed by atoms with van der Waals surface area (Å²) in [5.41, 5.74) is 4.91. The Labute approximate surface area is 117 Å². The Kier molecular flexibility index (Phi) is 3.22. The molecule has 0 saturated heterocycles. The molecule has 2 aromatic carbocycles. The number of nitrogens with one attached hydrogen (secondary N) is 1. The van der Waals surface area contributed by atoms with Crippen molar-refractivity contribution < 1.29 is 0 Å². The fraction of sp³-hybridized carbons (Fsp3) is 0.188. The zero-order valence-electron chi connectivity index (χ0n) is 11.1. The van der Waals surface area contributed by atoms with Gasteiger partial charge in [-0.15, -0.1) is 0 Å². The number of hydrogen-bond acceptors (Lipinski definition) is 3. The van der Waals surface area contributed by atoms with Crippen molar-refractivity contribution in [2.24, 2.45) is 0 Å². The molecular weight excluding hydrogens is 252 g/mol. The van der Waals surface area contributed by atoms with Gasteiger partial charge in [0.15, 0.2) is 5.13 Å². The molecule has 0 atom stereocenters. The zero-order valence-corrected chi connectivity index (χ0v) is 11.9. The van der Waals surface area contributed by atoms with Crippen LogP contribution < -0.4 is 5.32 Å². The number of benzene rings is 2. The topological polar surface area (TPSA) is 24.9 Å². The van der Waals surface area contributed by atoms with E-state index in [1.165, 1.54) is 21.4 Å². The van der Waals surface area contributed by atoms with Crippen LogP contribution in [0.3, 0.4) is 0 Å². The second-order valence-corrected chi connectivity index (χ2v) is 5.81. The summed E-state index contributed by atoms with van der Waals surface area (Å²) in [4.78, 5) is 4.65. The van der Waals surface area contributed by atoms with Crippen LogP contribution in [-0.4, -0.2) is 4.98 Å². The molecule has 0 spiro atoms. The summed E-state index contributed by atoms with van der Waals surface area (Å²) in [5, 5.41) is 4.40. The smallest absolute Gasteiger partial charge is 0.184 e. The molecule has 0 saturated carbocycles. The maximum atomic E-state index is 4.65. The van der Waals surface area contributed by atoms with E-state index in [0.29, 0.717) is 0 Å². The number of nitrogens with zero attached hydrogens (tertiary/aromatic N) is 1. The second kappa shape index (κ2) is 5.02. The van der Waals surface area contributed by atoms with Gasteiger partial charge in [0.25, 0.3) is 0 Å². The van der Waals surface area contributed by atoms with Crippen molar-refractivity contribution in [1.82, 2.24) is 4.98 Å². The van der Waals surface area contributed by atoms with Crippen LogP contribution in [0.1, 0.15) is 16.7 Å². The summed E-state index contributed by atoms with van der Waals surface area (Å²) in [6, 6.07) is 14.9. The number of aromatic nitrogens is 1. The third kappa shape index (κ3) is 2.61. The highest BCUT2D eigenvalue weighted by molar-refractivity contribution is 7.22. The third-order valence-corrected chi connectivity index (χ3v) is 4.16. The van der Waals surface area contributed by atoms with Gasteiger partial charge in [-0.05, 0) is 31.0 Å². The number of rotatable bonds is 3. The predicted molar refractivity (Wildman–Crippen MR) is 82.9 cm³/mol. The summed E-state index contributed by atoms with van der Waals surface area (Å²) in [6.07, 6.45) is 0. The van der Waals surface area contributed by atoms with Gasteiger partial charge in [-0.3, -0.25) is 0 Å². The molecule has 0 radical (unpaired) electrons. The molecule has 3 rings (SSSR count).